The van der Waals surface area contributed by atoms with E-state index in [4.69, 9.17) is 15.7 Å². The van der Waals surface area contributed by atoms with Gasteiger partial charge in [-0.2, -0.15) is 0 Å². The van der Waals surface area contributed by atoms with Crippen molar-refractivity contribution in [2.45, 2.75) is 31.9 Å². The molecule has 0 aromatic rings. The summed E-state index contributed by atoms with van der Waals surface area (Å²) in [6, 6.07) is 0.0793. The van der Waals surface area contributed by atoms with Gasteiger partial charge in [0.1, 0.15) is 0 Å². The van der Waals surface area contributed by atoms with Crippen LogP contribution in [0.25, 0.3) is 0 Å². The van der Waals surface area contributed by atoms with Gasteiger partial charge in [0.25, 0.3) is 0 Å². The lowest BCUT2D eigenvalue weighted by Gasteiger charge is -2.35. The quantitative estimate of drug-likeness (QED) is 0.318. The highest BCUT2D eigenvalue weighted by Crippen LogP contribution is 2.19. The Balaban J connectivity index is 1.88. The number of hydrogen-bond donors (Lipinski definition) is 2. The number of nitrogens with zero attached hydrogens (tertiary/aromatic N) is 3. The van der Waals surface area contributed by atoms with Crippen molar-refractivity contribution in [1.29, 1.82) is 0 Å². The lowest BCUT2D eigenvalue weighted by Crippen LogP contribution is -2.50. The Morgan fingerprint density at radius 1 is 1.50 bits per heavy atom. The first kappa shape index (κ1) is 13.6. The zero-order valence-electron chi connectivity index (χ0n) is 11.1. The van der Waals surface area contributed by atoms with Crippen LogP contribution < -0.4 is 5.73 Å². The number of amidine groups is 1. The van der Waals surface area contributed by atoms with Gasteiger partial charge in [0.2, 0.25) is 0 Å². The van der Waals surface area contributed by atoms with Crippen molar-refractivity contribution in [2.75, 3.05) is 39.3 Å². The third-order valence-electron chi connectivity index (χ3n) is 3.93. The smallest absolute Gasteiger partial charge is 0.156 e. The van der Waals surface area contributed by atoms with Crippen LogP contribution in [0.3, 0.4) is 0 Å². The predicted octanol–water partition coefficient (Wildman–Crippen LogP) is -0.0821. The van der Waals surface area contributed by atoms with E-state index in [1.54, 1.807) is 0 Å². The Kier molecular flexibility index (Phi) is 4.79. The molecular weight excluding hydrogens is 232 g/mol. The molecule has 2 saturated heterocycles. The van der Waals surface area contributed by atoms with Crippen molar-refractivity contribution in [3.8, 4) is 0 Å². The van der Waals surface area contributed by atoms with Crippen LogP contribution in [0.4, 0.5) is 0 Å². The summed E-state index contributed by atoms with van der Waals surface area (Å²) in [6.45, 7) is 7.94. The highest BCUT2D eigenvalue weighted by molar-refractivity contribution is 5.85. The van der Waals surface area contributed by atoms with E-state index in [0.717, 1.165) is 52.2 Å². The number of morpholine rings is 1. The first-order valence-corrected chi connectivity index (χ1v) is 6.80. The molecule has 6 nitrogen and oxygen atoms in total. The van der Waals surface area contributed by atoms with Gasteiger partial charge in [0.15, 0.2) is 5.84 Å². The minimum absolute atomic E-state index is 0.0793. The Labute approximate surface area is 108 Å². The van der Waals surface area contributed by atoms with Gasteiger partial charge in [0, 0.05) is 19.6 Å². The van der Waals surface area contributed by atoms with Crippen LogP contribution in [0.15, 0.2) is 5.16 Å². The topological polar surface area (TPSA) is 74.3 Å². The van der Waals surface area contributed by atoms with Crippen LogP contribution >= 0.6 is 0 Å². The second kappa shape index (κ2) is 6.36. The maximum atomic E-state index is 8.80. The fraction of sp³-hybridized carbons (Fsp3) is 0.917. The second-order valence-electron chi connectivity index (χ2n) is 5.06. The van der Waals surface area contributed by atoms with Crippen LogP contribution in [0.1, 0.15) is 19.8 Å². The van der Waals surface area contributed by atoms with Gasteiger partial charge < -0.3 is 15.7 Å². The summed E-state index contributed by atoms with van der Waals surface area (Å²) < 4.78 is 5.81. The Hall–Kier alpha value is -0.850. The van der Waals surface area contributed by atoms with Crippen molar-refractivity contribution >= 4 is 5.84 Å². The van der Waals surface area contributed by atoms with E-state index in [0.29, 0.717) is 5.84 Å². The summed E-state index contributed by atoms with van der Waals surface area (Å²) >= 11 is 0. The second-order valence-corrected chi connectivity index (χ2v) is 5.06. The van der Waals surface area contributed by atoms with Crippen molar-refractivity contribution in [3.63, 3.8) is 0 Å². The van der Waals surface area contributed by atoms with Crippen LogP contribution in [-0.4, -0.2) is 72.3 Å². The molecule has 2 unspecified atom stereocenters. The van der Waals surface area contributed by atoms with Gasteiger partial charge in [-0.1, -0.05) is 12.1 Å². The van der Waals surface area contributed by atoms with E-state index in [1.165, 1.54) is 0 Å². The van der Waals surface area contributed by atoms with Gasteiger partial charge in [-0.15, -0.1) is 0 Å². The number of likely N-dealkylation sites (tertiary alicyclic amines) is 1. The van der Waals surface area contributed by atoms with E-state index in [-0.39, 0.29) is 12.1 Å². The molecule has 2 aliphatic heterocycles. The highest BCUT2D eigenvalue weighted by atomic mass is 16.5. The molecule has 0 radical (unpaired) electrons. The lowest BCUT2D eigenvalue weighted by molar-refractivity contribution is -0.0410. The molecular formula is C12H24N4O2. The SMILES string of the molecule is CCN1CCOC(CN2CCCC2C(N)=NO)C1. The zero-order valence-corrected chi connectivity index (χ0v) is 11.1. The Bertz CT molecular complexity index is 298. The molecule has 0 spiro atoms. The van der Waals surface area contributed by atoms with E-state index < -0.39 is 0 Å². The third-order valence-corrected chi connectivity index (χ3v) is 3.93. The molecule has 0 aliphatic carbocycles. The highest BCUT2D eigenvalue weighted by Gasteiger charge is 2.31. The minimum Gasteiger partial charge on any atom is -0.409 e. The molecule has 2 fully saturated rings. The van der Waals surface area contributed by atoms with Crippen molar-refractivity contribution in [2.24, 2.45) is 10.9 Å². The van der Waals surface area contributed by atoms with Crippen LogP contribution in [0.5, 0.6) is 0 Å². The number of likely N-dealkylation sites (N-methyl/N-ethyl adjacent to an activating group) is 1. The van der Waals surface area contributed by atoms with Gasteiger partial charge in [0.05, 0.1) is 18.8 Å². The number of nitrogens with two attached hydrogens (primary N) is 1. The molecule has 0 saturated carbocycles. The average molecular weight is 256 g/mol. The first-order valence-electron chi connectivity index (χ1n) is 6.80. The molecule has 18 heavy (non-hydrogen) atoms. The molecule has 2 aliphatic rings. The summed E-state index contributed by atoms with van der Waals surface area (Å²) in [7, 11) is 0. The maximum absolute atomic E-state index is 8.80. The van der Waals surface area contributed by atoms with E-state index >= 15 is 0 Å². The van der Waals surface area contributed by atoms with Crippen molar-refractivity contribution < 1.29 is 9.94 Å². The van der Waals surface area contributed by atoms with Gasteiger partial charge in [-0.3, -0.25) is 9.80 Å². The normalized spacial score (nSPS) is 31.9. The fourth-order valence-electron chi connectivity index (χ4n) is 2.89. The summed E-state index contributed by atoms with van der Waals surface area (Å²) in [6.07, 6.45) is 2.32. The lowest BCUT2D eigenvalue weighted by atomic mass is 10.2. The Morgan fingerprint density at radius 2 is 2.33 bits per heavy atom. The Morgan fingerprint density at radius 3 is 3.06 bits per heavy atom. The summed E-state index contributed by atoms with van der Waals surface area (Å²) in [5, 5.41) is 11.9. The van der Waals surface area contributed by atoms with Crippen LogP contribution in [-0.2, 0) is 4.74 Å². The standard InChI is InChI=1S/C12H24N4O2/c1-2-15-6-7-18-10(8-15)9-16-5-3-4-11(16)12(13)14-17/h10-11,17H,2-9H2,1H3,(H2,13,14). The molecule has 0 aromatic heterocycles. The number of hydrogen-bond acceptors (Lipinski definition) is 5. The first-order chi connectivity index (χ1) is 8.74. The molecule has 6 heteroatoms. The van der Waals surface area contributed by atoms with Crippen LogP contribution in [0, 0.1) is 0 Å². The molecule has 2 atom stereocenters. The largest absolute Gasteiger partial charge is 0.409 e. The van der Waals surface area contributed by atoms with Crippen molar-refractivity contribution in [1.82, 2.24) is 9.80 Å². The third kappa shape index (κ3) is 3.13. The average Bonchev–Trinajstić information content (AvgIpc) is 2.86. The van der Waals surface area contributed by atoms with Gasteiger partial charge in [-0.25, -0.2) is 0 Å². The monoisotopic (exact) mass is 256 g/mol. The molecule has 2 heterocycles. The van der Waals surface area contributed by atoms with E-state index in [1.807, 2.05) is 0 Å². The van der Waals surface area contributed by atoms with Gasteiger partial charge >= 0.3 is 0 Å². The molecule has 0 amide bonds. The molecule has 3 N–H and O–H groups in total. The maximum Gasteiger partial charge on any atom is 0.156 e. The predicted molar refractivity (Wildman–Crippen MR) is 69.9 cm³/mol. The minimum atomic E-state index is 0.0793. The summed E-state index contributed by atoms with van der Waals surface area (Å²) in [5.74, 6) is 0.329. The molecule has 0 aromatic carbocycles. The van der Waals surface area contributed by atoms with E-state index in [2.05, 4.69) is 21.9 Å². The van der Waals surface area contributed by atoms with E-state index in [9.17, 15) is 0 Å². The van der Waals surface area contributed by atoms with Crippen molar-refractivity contribution in [3.05, 3.63) is 0 Å². The zero-order chi connectivity index (χ0) is 13.0. The number of oxime groups is 1. The summed E-state index contributed by atoms with van der Waals surface area (Å²) in [4.78, 5) is 4.68. The summed E-state index contributed by atoms with van der Waals surface area (Å²) in [5.41, 5.74) is 5.73. The molecule has 2 rings (SSSR count). The number of ether oxygens (including phenoxy) is 1. The molecule has 104 valence electrons. The fourth-order valence-corrected chi connectivity index (χ4v) is 2.89. The van der Waals surface area contributed by atoms with Crippen LogP contribution in [0.2, 0.25) is 0 Å². The van der Waals surface area contributed by atoms with Gasteiger partial charge in [-0.05, 0) is 25.9 Å². The molecule has 0 bridgehead atoms. The number of rotatable bonds is 4.